The highest BCUT2D eigenvalue weighted by Gasteiger charge is 2.15. The molecular weight excluding hydrogens is 300 g/mol. The van der Waals surface area contributed by atoms with Crippen molar-refractivity contribution in [3.8, 4) is 5.75 Å². The van der Waals surface area contributed by atoms with E-state index in [4.69, 9.17) is 0 Å². The summed E-state index contributed by atoms with van der Waals surface area (Å²) in [5.41, 5.74) is 4.19. The molecule has 1 aliphatic rings. The number of benzene rings is 1. The average Bonchev–Trinajstić information content (AvgIpc) is 2.59. The van der Waals surface area contributed by atoms with E-state index in [1.807, 2.05) is 31.3 Å². The molecule has 1 saturated heterocycles. The molecule has 0 aliphatic carbocycles. The highest BCUT2D eigenvalue weighted by molar-refractivity contribution is 5.43. The molecule has 1 fully saturated rings. The number of hydrogen-bond acceptors (Lipinski definition) is 5. The second-order valence-electron chi connectivity index (χ2n) is 6.58. The summed E-state index contributed by atoms with van der Waals surface area (Å²) >= 11 is 0. The fraction of sp³-hybridized carbons (Fsp3) is 0.421. The van der Waals surface area contributed by atoms with Crippen molar-refractivity contribution in [3.63, 3.8) is 0 Å². The van der Waals surface area contributed by atoms with Gasteiger partial charge in [0.05, 0.1) is 11.9 Å². The molecule has 1 aliphatic heterocycles. The largest absolute Gasteiger partial charge is 0.508 e. The molecule has 5 nitrogen and oxygen atoms in total. The normalized spacial score (nSPS) is 16.2. The first-order valence-corrected chi connectivity index (χ1v) is 8.48. The quantitative estimate of drug-likeness (QED) is 0.884. The summed E-state index contributed by atoms with van der Waals surface area (Å²) in [6.45, 7) is 7.78. The Morgan fingerprint density at radius 1 is 1.12 bits per heavy atom. The molecule has 0 amide bonds. The van der Waals surface area contributed by atoms with Gasteiger partial charge >= 0.3 is 0 Å². The van der Waals surface area contributed by atoms with Gasteiger partial charge in [0, 0.05) is 50.5 Å². The predicted molar refractivity (Wildman–Crippen MR) is 97.2 cm³/mol. The summed E-state index contributed by atoms with van der Waals surface area (Å²) in [7, 11) is 2.15. The van der Waals surface area contributed by atoms with Crippen LogP contribution in [0.1, 0.15) is 16.8 Å². The molecule has 24 heavy (non-hydrogen) atoms. The fourth-order valence-electron chi connectivity index (χ4n) is 2.90. The van der Waals surface area contributed by atoms with Crippen LogP contribution in [0.5, 0.6) is 5.75 Å². The van der Waals surface area contributed by atoms with Gasteiger partial charge in [0.25, 0.3) is 0 Å². The van der Waals surface area contributed by atoms with Gasteiger partial charge in [0.2, 0.25) is 0 Å². The van der Waals surface area contributed by atoms with E-state index in [1.165, 1.54) is 0 Å². The van der Waals surface area contributed by atoms with E-state index in [0.29, 0.717) is 5.75 Å². The van der Waals surface area contributed by atoms with Crippen LogP contribution < -0.4 is 5.32 Å². The van der Waals surface area contributed by atoms with E-state index in [2.05, 4.69) is 33.2 Å². The van der Waals surface area contributed by atoms with Gasteiger partial charge in [-0.1, -0.05) is 6.07 Å². The Morgan fingerprint density at radius 3 is 2.62 bits per heavy atom. The summed E-state index contributed by atoms with van der Waals surface area (Å²) in [6.07, 6.45) is 1.85. The molecule has 2 aromatic rings. The molecule has 0 spiro atoms. The smallest absolute Gasteiger partial charge is 0.120 e. The zero-order chi connectivity index (χ0) is 16.9. The number of aromatic hydroxyl groups is 1. The first-order valence-electron chi connectivity index (χ1n) is 8.48. The minimum Gasteiger partial charge on any atom is -0.508 e. The predicted octanol–water partition coefficient (Wildman–Crippen LogP) is 2.46. The Hall–Kier alpha value is -2.11. The van der Waals surface area contributed by atoms with Gasteiger partial charge in [-0.2, -0.15) is 0 Å². The molecular formula is C19H26N4O. The first kappa shape index (κ1) is 16.7. The number of nitrogens with one attached hydrogen (secondary N) is 1. The van der Waals surface area contributed by atoms with E-state index in [0.717, 1.165) is 61.8 Å². The molecule has 0 saturated carbocycles. The third-order valence-corrected chi connectivity index (χ3v) is 4.54. The Labute approximate surface area is 143 Å². The van der Waals surface area contributed by atoms with Gasteiger partial charge in [0.15, 0.2) is 0 Å². The summed E-state index contributed by atoms with van der Waals surface area (Å²) in [5.74, 6) is 0.384. The highest BCUT2D eigenvalue weighted by Crippen LogP contribution is 2.21. The lowest BCUT2D eigenvalue weighted by Crippen LogP contribution is -2.43. The van der Waals surface area contributed by atoms with Crippen molar-refractivity contribution in [2.75, 3.05) is 38.5 Å². The lowest BCUT2D eigenvalue weighted by Gasteiger charge is -2.32. The Bertz CT molecular complexity index is 664. The van der Waals surface area contributed by atoms with E-state index >= 15 is 0 Å². The molecule has 0 radical (unpaired) electrons. The fourth-order valence-corrected chi connectivity index (χ4v) is 2.90. The van der Waals surface area contributed by atoms with Crippen LogP contribution in [0.3, 0.4) is 0 Å². The number of anilines is 1. The van der Waals surface area contributed by atoms with E-state index in [-0.39, 0.29) is 0 Å². The summed E-state index contributed by atoms with van der Waals surface area (Å²) in [4.78, 5) is 9.03. The van der Waals surface area contributed by atoms with E-state index in [9.17, 15) is 5.11 Å². The number of likely N-dealkylation sites (N-methyl/N-ethyl adjacent to an activating group) is 1. The molecule has 0 atom stereocenters. The lowest BCUT2D eigenvalue weighted by atomic mass is 10.1. The molecule has 2 N–H and O–H groups in total. The summed E-state index contributed by atoms with van der Waals surface area (Å²) in [5, 5.41) is 13.5. The third-order valence-electron chi connectivity index (χ3n) is 4.54. The minimum absolute atomic E-state index is 0.384. The minimum atomic E-state index is 0.384. The van der Waals surface area contributed by atoms with Crippen LogP contribution in [0.25, 0.3) is 0 Å². The molecule has 3 rings (SSSR count). The Balaban J connectivity index is 1.61. The zero-order valence-corrected chi connectivity index (χ0v) is 14.5. The maximum Gasteiger partial charge on any atom is 0.120 e. The monoisotopic (exact) mass is 326 g/mol. The Morgan fingerprint density at radius 2 is 1.92 bits per heavy atom. The van der Waals surface area contributed by atoms with Crippen LogP contribution in [-0.2, 0) is 13.1 Å². The number of aryl methyl sites for hydroxylation is 1. The lowest BCUT2D eigenvalue weighted by molar-refractivity contribution is 0.147. The molecule has 5 heteroatoms. The van der Waals surface area contributed by atoms with Gasteiger partial charge in [-0.15, -0.1) is 0 Å². The van der Waals surface area contributed by atoms with Crippen molar-refractivity contribution in [2.45, 2.75) is 20.0 Å². The third kappa shape index (κ3) is 4.46. The molecule has 0 bridgehead atoms. The van der Waals surface area contributed by atoms with Crippen LogP contribution >= 0.6 is 0 Å². The zero-order valence-electron chi connectivity index (χ0n) is 14.5. The van der Waals surface area contributed by atoms with E-state index in [1.54, 1.807) is 6.07 Å². The van der Waals surface area contributed by atoms with Gasteiger partial charge in [-0.3, -0.25) is 9.88 Å². The molecule has 0 unspecified atom stereocenters. The maximum atomic E-state index is 10.2. The van der Waals surface area contributed by atoms with Gasteiger partial charge in [0.1, 0.15) is 5.75 Å². The number of nitrogens with zero attached hydrogens (tertiary/aromatic N) is 3. The standard InChI is InChI=1S/C19H26N4O/c1-15-3-5-18(13-20-15)21-12-16-4-6-19(24)17(11-16)14-23-9-7-22(2)8-10-23/h3-6,11,13,21,24H,7-10,12,14H2,1-2H3. The number of phenols is 1. The topological polar surface area (TPSA) is 51.6 Å². The van der Waals surface area contributed by atoms with Crippen molar-refractivity contribution in [1.29, 1.82) is 0 Å². The number of hydrogen-bond donors (Lipinski definition) is 2. The molecule has 1 aromatic carbocycles. The van der Waals surface area contributed by atoms with Crippen molar-refractivity contribution in [3.05, 3.63) is 53.3 Å². The molecule has 1 aromatic heterocycles. The number of aromatic nitrogens is 1. The first-order chi connectivity index (χ1) is 11.6. The van der Waals surface area contributed by atoms with Crippen molar-refractivity contribution >= 4 is 5.69 Å². The van der Waals surface area contributed by atoms with Crippen molar-refractivity contribution < 1.29 is 5.11 Å². The van der Waals surface area contributed by atoms with Crippen molar-refractivity contribution in [2.24, 2.45) is 0 Å². The maximum absolute atomic E-state index is 10.2. The molecule has 2 heterocycles. The average molecular weight is 326 g/mol. The van der Waals surface area contributed by atoms with Crippen molar-refractivity contribution in [1.82, 2.24) is 14.8 Å². The second kappa shape index (κ2) is 7.64. The second-order valence-corrected chi connectivity index (χ2v) is 6.58. The number of phenolic OH excluding ortho intramolecular Hbond substituents is 1. The number of piperazine rings is 1. The summed E-state index contributed by atoms with van der Waals surface area (Å²) in [6, 6.07) is 9.90. The molecule has 128 valence electrons. The van der Waals surface area contributed by atoms with E-state index < -0.39 is 0 Å². The van der Waals surface area contributed by atoms with Gasteiger partial charge < -0.3 is 15.3 Å². The SMILES string of the molecule is Cc1ccc(NCc2ccc(O)c(CN3CCN(C)CC3)c2)cn1. The van der Waals surface area contributed by atoms with Crippen LogP contribution in [0.2, 0.25) is 0 Å². The van der Waals surface area contributed by atoms with Crippen LogP contribution in [0.4, 0.5) is 5.69 Å². The highest BCUT2D eigenvalue weighted by atomic mass is 16.3. The van der Waals surface area contributed by atoms with Crippen LogP contribution in [-0.4, -0.2) is 53.1 Å². The number of rotatable bonds is 5. The van der Waals surface area contributed by atoms with Gasteiger partial charge in [-0.25, -0.2) is 0 Å². The van der Waals surface area contributed by atoms with Crippen LogP contribution in [0.15, 0.2) is 36.5 Å². The van der Waals surface area contributed by atoms with Crippen LogP contribution in [0, 0.1) is 6.92 Å². The number of pyridine rings is 1. The summed E-state index contributed by atoms with van der Waals surface area (Å²) < 4.78 is 0. The Kier molecular flexibility index (Phi) is 5.33. The van der Waals surface area contributed by atoms with Gasteiger partial charge in [-0.05, 0) is 43.8 Å².